The van der Waals surface area contributed by atoms with E-state index in [1.807, 2.05) is 30.3 Å². The zero-order valence-electron chi connectivity index (χ0n) is 17.2. The van der Waals surface area contributed by atoms with Crippen LogP contribution in [-0.2, 0) is 4.79 Å². The number of amides is 1. The van der Waals surface area contributed by atoms with Gasteiger partial charge in [-0.25, -0.2) is 4.39 Å². The molecule has 7 nitrogen and oxygen atoms in total. The Morgan fingerprint density at radius 3 is 2.38 bits per heavy atom. The van der Waals surface area contributed by atoms with E-state index in [0.29, 0.717) is 23.0 Å². The molecule has 1 heterocycles. The highest BCUT2D eigenvalue weighted by atomic mass is 19.1. The zero-order chi connectivity index (χ0) is 22.3. The molecule has 1 atom stereocenters. The average Bonchev–Trinajstić information content (AvgIpc) is 3.33. The summed E-state index contributed by atoms with van der Waals surface area (Å²) in [7, 11) is 1.52. The summed E-state index contributed by atoms with van der Waals surface area (Å²) in [5.74, 6) is 0.610. The Morgan fingerprint density at radius 1 is 0.969 bits per heavy atom. The Morgan fingerprint density at radius 2 is 1.66 bits per heavy atom. The normalized spacial score (nSPS) is 11.6. The van der Waals surface area contributed by atoms with Crippen LogP contribution in [-0.4, -0.2) is 29.8 Å². The molecule has 162 valence electrons. The molecule has 0 saturated carbocycles. The largest absolute Gasteiger partial charge is 0.493 e. The van der Waals surface area contributed by atoms with Gasteiger partial charge in [-0.15, -0.1) is 10.2 Å². The van der Waals surface area contributed by atoms with Gasteiger partial charge in [0.15, 0.2) is 18.1 Å². The Labute approximate surface area is 183 Å². The van der Waals surface area contributed by atoms with Crippen molar-refractivity contribution in [2.75, 3.05) is 13.7 Å². The second-order valence-corrected chi connectivity index (χ2v) is 6.80. The molecule has 1 aromatic heterocycles. The molecule has 0 aliphatic rings. The van der Waals surface area contributed by atoms with Crippen molar-refractivity contribution in [2.45, 2.75) is 6.04 Å². The molecule has 0 aliphatic carbocycles. The van der Waals surface area contributed by atoms with Crippen molar-refractivity contribution in [1.29, 1.82) is 0 Å². The molecular formula is C24H20FN3O4. The van der Waals surface area contributed by atoms with Crippen LogP contribution in [0.25, 0.3) is 11.5 Å². The number of rotatable bonds is 8. The molecule has 4 rings (SSSR count). The summed E-state index contributed by atoms with van der Waals surface area (Å²) in [6.45, 7) is -0.266. The summed E-state index contributed by atoms with van der Waals surface area (Å²) in [4.78, 5) is 12.7. The first-order valence-corrected chi connectivity index (χ1v) is 9.83. The van der Waals surface area contributed by atoms with Crippen LogP contribution in [0.3, 0.4) is 0 Å². The lowest BCUT2D eigenvalue weighted by Gasteiger charge is -2.16. The smallest absolute Gasteiger partial charge is 0.258 e. The van der Waals surface area contributed by atoms with Gasteiger partial charge in [0.1, 0.15) is 11.9 Å². The van der Waals surface area contributed by atoms with Gasteiger partial charge in [0.05, 0.1) is 7.11 Å². The molecule has 32 heavy (non-hydrogen) atoms. The van der Waals surface area contributed by atoms with E-state index in [1.54, 1.807) is 36.4 Å². The second-order valence-electron chi connectivity index (χ2n) is 6.80. The van der Waals surface area contributed by atoms with E-state index in [4.69, 9.17) is 13.9 Å². The van der Waals surface area contributed by atoms with Gasteiger partial charge in [-0.3, -0.25) is 4.79 Å². The summed E-state index contributed by atoms with van der Waals surface area (Å²) < 4.78 is 30.1. The zero-order valence-corrected chi connectivity index (χ0v) is 17.2. The van der Waals surface area contributed by atoms with Crippen molar-refractivity contribution in [2.24, 2.45) is 0 Å². The van der Waals surface area contributed by atoms with Crippen molar-refractivity contribution < 1.29 is 23.1 Å². The second kappa shape index (κ2) is 9.74. The fourth-order valence-electron chi connectivity index (χ4n) is 3.08. The Hall–Kier alpha value is -4.20. The molecule has 0 fully saturated rings. The number of para-hydroxylation sites is 2. The molecule has 0 bridgehead atoms. The minimum atomic E-state index is -0.783. The number of halogens is 1. The highest BCUT2D eigenvalue weighted by Gasteiger charge is 2.24. The number of aromatic nitrogens is 2. The van der Waals surface area contributed by atoms with Gasteiger partial charge in [-0.1, -0.05) is 42.5 Å². The number of nitrogens with one attached hydrogen (secondary N) is 1. The lowest BCUT2D eigenvalue weighted by atomic mass is 10.1. The van der Waals surface area contributed by atoms with Crippen molar-refractivity contribution in [1.82, 2.24) is 15.5 Å². The molecule has 0 unspecified atom stereocenters. The maximum Gasteiger partial charge on any atom is 0.258 e. The first kappa shape index (κ1) is 21.0. The predicted molar refractivity (Wildman–Crippen MR) is 115 cm³/mol. The van der Waals surface area contributed by atoms with Gasteiger partial charge in [-0.2, -0.15) is 0 Å². The highest BCUT2D eigenvalue weighted by molar-refractivity contribution is 5.78. The maximum atomic E-state index is 13.4. The van der Waals surface area contributed by atoms with E-state index in [0.717, 1.165) is 5.56 Å². The molecule has 0 saturated heterocycles. The number of carbonyl (C=O) groups is 1. The fourth-order valence-corrected chi connectivity index (χ4v) is 3.08. The quantitative estimate of drug-likeness (QED) is 0.449. The first-order valence-electron chi connectivity index (χ1n) is 9.83. The molecule has 1 amide bonds. The SMILES string of the molecule is COc1ccccc1OCC(=O)N[C@@H](c1ccc(F)cc1)c1nnc(-c2ccccc2)o1. The summed E-state index contributed by atoms with van der Waals surface area (Å²) in [6, 6.07) is 21.2. The van der Waals surface area contributed by atoms with E-state index in [2.05, 4.69) is 15.5 Å². The maximum absolute atomic E-state index is 13.4. The molecule has 0 aliphatic heterocycles. The molecular weight excluding hydrogens is 413 g/mol. The third-order valence-electron chi connectivity index (χ3n) is 4.64. The molecule has 4 aromatic rings. The van der Waals surface area contributed by atoms with Gasteiger partial charge in [0.25, 0.3) is 5.91 Å². The van der Waals surface area contributed by atoms with Crippen molar-refractivity contribution in [3.8, 4) is 23.0 Å². The summed E-state index contributed by atoms with van der Waals surface area (Å²) in [5.41, 5.74) is 1.33. The van der Waals surface area contributed by atoms with Crippen molar-refractivity contribution >= 4 is 5.91 Å². The van der Waals surface area contributed by atoms with Crippen molar-refractivity contribution in [3.05, 3.63) is 96.1 Å². The molecule has 1 N–H and O–H groups in total. The van der Waals surface area contributed by atoms with E-state index >= 15 is 0 Å². The number of hydrogen-bond donors (Lipinski definition) is 1. The van der Waals surface area contributed by atoms with Crippen LogP contribution in [0.1, 0.15) is 17.5 Å². The van der Waals surface area contributed by atoms with Crippen LogP contribution in [0.15, 0.2) is 83.3 Å². The van der Waals surface area contributed by atoms with Crippen LogP contribution in [0, 0.1) is 5.82 Å². The van der Waals surface area contributed by atoms with Crippen LogP contribution in [0.2, 0.25) is 0 Å². The van der Waals surface area contributed by atoms with E-state index < -0.39 is 17.8 Å². The number of methoxy groups -OCH3 is 1. The average molecular weight is 433 g/mol. The Bertz CT molecular complexity index is 1180. The van der Waals surface area contributed by atoms with Crippen LogP contribution in [0.5, 0.6) is 11.5 Å². The molecule has 0 radical (unpaired) electrons. The lowest BCUT2D eigenvalue weighted by molar-refractivity contribution is -0.123. The topological polar surface area (TPSA) is 86.5 Å². The van der Waals surface area contributed by atoms with E-state index in [1.165, 1.54) is 19.2 Å². The third-order valence-corrected chi connectivity index (χ3v) is 4.64. The molecule has 0 spiro atoms. The summed E-state index contributed by atoms with van der Waals surface area (Å²) in [6.07, 6.45) is 0. The fraction of sp³-hybridized carbons (Fsp3) is 0.125. The van der Waals surface area contributed by atoms with Gasteiger partial charge in [0.2, 0.25) is 11.8 Å². The Kier molecular flexibility index (Phi) is 6.41. The molecule has 8 heteroatoms. The molecule has 3 aromatic carbocycles. The number of ether oxygens (including phenoxy) is 2. The number of benzene rings is 3. The van der Waals surface area contributed by atoms with Gasteiger partial charge >= 0.3 is 0 Å². The van der Waals surface area contributed by atoms with Gasteiger partial charge in [0, 0.05) is 5.56 Å². The van der Waals surface area contributed by atoms with Crippen LogP contribution in [0.4, 0.5) is 4.39 Å². The van der Waals surface area contributed by atoms with Crippen LogP contribution >= 0.6 is 0 Å². The number of nitrogens with zero attached hydrogens (tertiary/aromatic N) is 2. The minimum absolute atomic E-state index is 0.168. The summed E-state index contributed by atoms with van der Waals surface area (Å²) in [5, 5.41) is 11.0. The van der Waals surface area contributed by atoms with E-state index in [9.17, 15) is 9.18 Å². The Balaban J connectivity index is 1.54. The highest BCUT2D eigenvalue weighted by Crippen LogP contribution is 2.27. The van der Waals surface area contributed by atoms with Gasteiger partial charge < -0.3 is 19.2 Å². The van der Waals surface area contributed by atoms with Crippen LogP contribution < -0.4 is 14.8 Å². The predicted octanol–water partition coefficient (Wildman–Crippen LogP) is 4.17. The first-order chi connectivity index (χ1) is 15.6. The lowest BCUT2D eigenvalue weighted by Crippen LogP contribution is -2.33. The third kappa shape index (κ3) is 4.92. The summed E-state index contributed by atoms with van der Waals surface area (Å²) >= 11 is 0. The van der Waals surface area contributed by atoms with Crippen molar-refractivity contribution in [3.63, 3.8) is 0 Å². The number of carbonyl (C=O) groups excluding carboxylic acids is 1. The monoisotopic (exact) mass is 433 g/mol. The number of hydrogen-bond acceptors (Lipinski definition) is 6. The standard InChI is InChI=1S/C24H20FN3O4/c1-30-19-9-5-6-10-20(19)31-15-21(29)26-22(16-11-13-18(25)14-12-16)24-28-27-23(32-24)17-7-3-2-4-8-17/h2-14,22H,15H2,1H3,(H,26,29)/t22-/m0/s1. The van der Waals surface area contributed by atoms with E-state index in [-0.39, 0.29) is 12.5 Å². The van der Waals surface area contributed by atoms with Gasteiger partial charge in [-0.05, 0) is 42.0 Å². The minimum Gasteiger partial charge on any atom is -0.493 e.